The molecule has 2 fully saturated rings. The molecule has 0 aromatic carbocycles. The van der Waals surface area contributed by atoms with Crippen molar-refractivity contribution in [3.05, 3.63) is 23.5 Å². The van der Waals surface area contributed by atoms with E-state index in [9.17, 15) is 15.5 Å². The fourth-order valence-electron chi connectivity index (χ4n) is 6.78. The fraction of sp³-hybridized carbons (Fsp3) is 0.762. The van der Waals surface area contributed by atoms with Crippen molar-refractivity contribution in [2.45, 2.75) is 64.1 Å². The van der Waals surface area contributed by atoms with Gasteiger partial charge in [0.1, 0.15) is 0 Å². The van der Waals surface area contributed by atoms with Crippen LogP contribution in [0.15, 0.2) is 23.5 Å². The largest absolute Gasteiger partial charge is 0.501 e. The van der Waals surface area contributed by atoms with Crippen molar-refractivity contribution in [3.8, 4) is 6.07 Å². The van der Waals surface area contributed by atoms with Crippen molar-refractivity contribution >= 4 is 0 Å². The maximum atomic E-state index is 11.2. The van der Waals surface area contributed by atoms with Gasteiger partial charge in [-0.15, -0.1) is 0 Å². The van der Waals surface area contributed by atoms with Crippen molar-refractivity contribution in [2.24, 2.45) is 28.6 Å². The smallest absolute Gasteiger partial charge is 0.156 e. The highest BCUT2D eigenvalue weighted by molar-refractivity contribution is 5.37. The summed E-state index contributed by atoms with van der Waals surface area (Å²) in [6.45, 7) is 4.31. The minimum absolute atomic E-state index is 0.0426. The van der Waals surface area contributed by atoms with E-state index in [2.05, 4.69) is 25.1 Å². The summed E-state index contributed by atoms with van der Waals surface area (Å²) < 4.78 is 5.46. The van der Waals surface area contributed by atoms with Gasteiger partial charge in [-0.1, -0.05) is 19.9 Å². The monoisotopic (exact) mass is 343 g/mol. The maximum absolute atomic E-state index is 11.2. The van der Waals surface area contributed by atoms with E-state index < -0.39 is 17.1 Å². The molecular weight excluding hydrogens is 314 g/mol. The van der Waals surface area contributed by atoms with Gasteiger partial charge in [0.2, 0.25) is 0 Å². The molecular formula is C21H29NO3. The Morgan fingerprint density at radius 2 is 2.08 bits per heavy atom. The summed E-state index contributed by atoms with van der Waals surface area (Å²) >= 11 is 0. The first-order chi connectivity index (χ1) is 11.8. The van der Waals surface area contributed by atoms with Crippen LogP contribution in [0.5, 0.6) is 0 Å². The summed E-state index contributed by atoms with van der Waals surface area (Å²) in [7, 11) is 1.73. The maximum Gasteiger partial charge on any atom is 0.156 e. The molecule has 0 spiro atoms. The Morgan fingerprint density at radius 3 is 2.76 bits per heavy atom. The van der Waals surface area contributed by atoms with Gasteiger partial charge in [-0.3, -0.25) is 0 Å². The van der Waals surface area contributed by atoms with E-state index in [0.717, 1.165) is 31.4 Å². The van der Waals surface area contributed by atoms with E-state index in [1.807, 2.05) is 6.92 Å². The van der Waals surface area contributed by atoms with Crippen LogP contribution in [0.3, 0.4) is 0 Å². The van der Waals surface area contributed by atoms with Crippen molar-refractivity contribution in [1.82, 2.24) is 0 Å². The second-order valence-corrected chi connectivity index (χ2v) is 9.12. The zero-order valence-corrected chi connectivity index (χ0v) is 15.5. The zero-order valence-electron chi connectivity index (χ0n) is 15.5. The molecule has 0 aromatic heterocycles. The Balaban J connectivity index is 1.76. The number of nitrogens with zero attached hydrogens (tertiary/aromatic N) is 1. The van der Waals surface area contributed by atoms with E-state index in [0.29, 0.717) is 24.7 Å². The Morgan fingerprint density at radius 1 is 1.32 bits per heavy atom. The number of rotatable bonds is 1. The van der Waals surface area contributed by atoms with E-state index >= 15 is 0 Å². The third-order valence-corrected chi connectivity index (χ3v) is 8.27. The van der Waals surface area contributed by atoms with E-state index in [4.69, 9.17) is 4.74 Å². The van der Waals surface area contributed by atoms with Gasteiger partial charge in [0.05, 0.1) is 25.0 Å². The Hall–Kier alpha value is -1.31. The van der Waals surface area contributed by atoms with Crippen LogP contribution in [0.1, 0.15) is 52.4 Å². The predicted molar refractivity (Wildman–Crippen MR) is 94.1 cm³/mol. The lowest BCUT2D eigenvalue weighted by Crippen LogP contribution is -2.58. The van der Waals surface area contributed by atoms with Gasteiger partial charge >= 0.3 is 0 Å². The Kier molecular flexibility index (Phi) is 3.66. The molecule has 25 heavy (non-hydrogen) atoms. The number of nitriles is 1. The molecule has 0 amide bonds. The third kappa shape index (κ3) is 2.06. The molecule has 0 aliphatic heterocycles. The lowest BCUT2D eigenvalue weighted by molar-refractivity contribution is -0.148. The Labute approximate surface area is 150 Å². The molecule has 2 N–H and O–H groups in total. The number of hydrogen-bond donors (Lipinski definition) is 2. The topological polar surface area (TPSA) is 73.5 Å². The molecule has 4 aliphatic rings. The van der Waals surface area contributed by atoms with E-state index in [1.165, 1.54) is 5.57 Å². The van der Waals surface area contributed by atoms with Crippen LogP contribution < -0.4 is 0 Å². The normalized spacial score (nSPS) is 51.4. The standard InChI is InChI=1S/C21H29NO3/c1-19-8-6-14(25-3)10-13(19)4-5-15-16-7-9-21(24,12-22)20(16,2)11-17(23)18(15)19/h4,10,15-18,23-24H,5-9,11H2,1-3H3/t15-,16-,17-,18+,19-,20-,21-/m0/s1. The van der Waals surface area contributed by atoms with Gasteiger partial charge in [0.25, 0.3) is 0 Å². The summed E-state index contributed by atoms with van der Waals surface area (Å²) in [5.74, 6) is 1.86. The van der Waals surface area contributed by atoms with Crippen LogP contribution in [0.2, 0.25) is 0 Å². The van der Waals surface area contributed by atoms with Gasteiger partial charge in [-0.05, 0) is 66.9 Å². The zero-order chi connectivity index (χ0) is 18.0. The SMILES string of the molecule is COC1=CC2=CC[C@@H]3[C@H]([C@@H](O)C[C@@]4(C)[C@H]3CC[C@]4(O)C#N)[C@@]2(C)CC1. The summed E-state index contributed by atoms with van der Waals surface area (Å²) in [6, 6.07) is 2.18. The molecule has 4 rings (SSSR count). The molecule has 7 atom stereocenters. The Bertz CT molecular complexity index is 692. The minimum atomic E-state index is -1.30. The van der Waals surface area contributed by atoms with Gasteiger partial charge in [-0.2, -0.15) is 5.26 Å². The number of aliphatic hydroxyl groups is 2. The van der Waals surface area contributed by atoms with Gasteiger partial charge in [0, 0.05) is 11.8 Å². The second kappa shape index (κ2) is 5.34. The van der Waals surface area contributed by atoms with Gasteiger partial charge in [-0.25, -0.2) is 0 Å². The average Bonchev–Trinajstić information content (AvgIpc) is 2.85. The minimum Gasteiger partial charge on any atom is -0.501 e. The highest BCUT2D eigenvalue weighted by Gasteiger charge is 2.66. The van der Waals surface area contributed by atoms with Gasteiger partial charge < -0.3 is 14.9 Å². The van der Waals surface area contributed by atoms with E-state index in [-0.39, 0.29) is 11.3 Å². The summed E-state index contributed by atoms with van der Waals surface area (Å²) in [5.41, 5.74) is -0.553. The number of fused-ring (bicyclic) bond motifs is 5. The molecule has 0 bridgehead atoms. The highest BCUT2D eigenvalue weighted by Crippen LogP contribution is 2.66. The van der Waals surface area contributed by atoms with Crippen molar-refractivity contribution in [1.29, 1.82) is 5.26 Å². The molecule has 2 saturated carbocycles. The fourth-order valence-corrected chi connectivity index (χ4v) is 6.78. The highest BCUT2D eigenvalue weighted by atomic mass is 16.5. The van der Waals surface area contributed by atoms with Crippen LogP contribution in [-0.2, 0) is 4.74 Å². The molecule has 4 nitrogen and oxygen atoms in total. The number of aliphatic hydroxyl groups excluding tert-OH is 1. The lowest BCUT2D eigenvalue weighted by Gasteiger charge is -2.59. The molecule has 4 aliphatic carbocycles. The predicted octanol–water partition coefficient (Wildman–Crippen LogP) is 3.31. The molecule has 0 heterocycles. The van der Waals surface area contributed by atoms with E-state index in [1.54, 1.807) is 7.11 Å². The summed E-state index contributed by atoms with van der Waals surface area (Å²) in [5, 5.41) is 31.7. The number of hydrogen-bond acceptors (Lipinski definition) is 4. The van der Waals surface area contributed by atoms with Crippen LogP contribution in [0, 0.1) is 39.9 Å². The number of methoxy groups -OCH3 is 1. The van der Waals surface area contributed by atoms with Gasteiger partial charge in [0.15, 0.2) is 5.60 Å². The number of ether oxygens (including phenoxy) is 1. The van der Waals surface area contributed by atoms with Crippen LogP contribution in [0.25, 0.3) is 0 Å². The molecule has 0 saturated heterocycles. The van der Waals surface area contributed by atoms with Crippen LogP contribution >= 0.6 is 0 Å². The van der Waals surface area contributed by atoms with Crippen molar-refractivity contribution < 1.29 is 14.9 Å². The quantitative estimate of drug-likeness (QED) is 0.716. The average molecular weight is 343 g/mol. The molecule has 0 unspecified atom stereocenters. The first kappa shape index (κ1) is 17.1. The third-order valence-electron chi connectivity index (χ3n) is 8.27. The van der Waals surface area contributed by atoms with Crippen LogP contribution in [-0.4, -0.2) is 29.0 Å². The number of allylic oxidation sites excluding steroid dienone is 4. The first-order valence-corrected chi connectivity index (χ1v) is 9.56. The molecule has 0 radical (unpaired) electrons. The lowest BCUT2D eigenvalue weighted by atomic mass is 9.46. The molecule has 136 valence electrons. The first-order valence-electron chi connectivity index (χ1n) is 9.56. The van der Waals surface area contributed by atoms with Crippen molar-refractivity contribution in [3.63, 3.8) is 0 Å². The summed E-state index contributed by atoms with van der Waals surface area (Å²) in [4.78, 5) is 0. The van der Waals surface area contributed by atoms with Crippen molar-refractivity contribution in [2.75, 3.05) is 7.11 Å². The molecule has 4 heteroatoms. The summed E-state index contributed by atoms with van der Waals surface area (Å²) in [6.07, 6.45) is 8.76. The molecule has 0 aromatic rings. The second-order valence-electron chi connectivity index (χ2n) is 9.12. The van der Waals surface area contributed by atoms with Crippen LogP contribution in [0.4, 0.5) is 0 Å².